The number of nitrogens with zero attached hydrogens (tertiary/aromatic N) is 3. The summed E-state index contributed by atoms with van der Waals surface area (Å²) in [6.45, 7) is 11.7. The number of nitrogens with two attached hydrogens (primary N) is 1. The Morgan fingerprint density at radius 2 is 1.83 bits per heavy atom. The molecule has 0 aliphatic carbocycles. The number of hydrogen-bond donors (Lipinski definition) is 1. The summed E-state index contributed by atoms with van der Waals surface area (Å²) in [7, 11) is 0. The minimum atomic E-state index is 0.272. The van der Waals surface area contributed by atoms with Crippen molar-refractivity contribution in [1.29, 1.82) is 0 Å². The number of aromatic nitrogens is 1. The number of anilines is 1. The lowest BCUT2D eigenvalue weighted by Gasteiger charge is -2.42. The molecule has 0 radical (unpaired) electrons. The molecule has 1 saturated heterocycles. The second kappa shape index (κ2) is 5.24. The summed E-state index contributed by atoms with van der Waals surface area (Å²) in [6, 6.07) is 4.15. The van der Waals surface area contributed by atoms with E-state index in [4.69, 9.17) is 5.73 Å². The van der Waals surface area contributed by atoms with Gasteiger partial charge >= 0.3 is 0 Å². The summed E-state index contributed by atoms with van der Waals surface area (Å²) >= 11 is 0. The van der Waals surface area contributed by atoms with Crippen LogP contribution in [0.4, 0.5) is 5.69 Å². The van der Waals surface area contributed by atoms with Crippen molar-refractivity contribution in [1.82, 2.24) is 9.88 Å². The summed E-state index contributed by atoms with van der Waals surface area (Å²) in [5.41, 5.74) is 7.99. The van der Waals surface area contributed by atoms with E-state index in [1.807, 2.05) is 12.3 Å². The van der Waals surface area contributed by atoms with Crippen LogP contribution in [-0.4, -0.2) is 41.6 Å². The van der Waals surface area contributed by atoms with Crippen LogP contribution in [0.2, 0.25) is 0 Å². The van der Waals surface area contributed by atoms with Crippen LogP contribution in [0.15, 0.2) is 18.3 Å². The summed E-state index contributed by atoms with van der Waals surface area (Å²) in [6.07, 6.45) is 1.94. The third-order valence-electron chi connectivity index (χ3n) is 3.61. The van der Waals surface area contributed by atoms with Gasteiger partial charge in [-0.2, -0.15) is 0 Å². The van der Waals surface area contributed by atoms with Crippen LogP contribution in [0.25, 0.3) is 0 Å². The van der Waals surface area contributed by atoms with Gasteiger partial charge in [0.2, 0.25) is 0 Å². The zero-order valence-corrected chi connectivity index (χ0v) is 11.7. The molecule has 18 heavy (non-hydrogen) atoms. The minimum Gasteiger partial charge on any atom is -0.368 e. The Labute approximate surface area is 110 Å². The SMILES string of the molecule is CC(C)(C)N1CCN(c2ccc(CN)nc2)CC1. The van der Waals surface area contributed by atoms with Crippen molar-refractivity contribution in [3.05, 3.63) is 24.0 Å². The molecule has 0 spiro atoms. The lowest BCUT2D eigenvalue weighted by atomic mass is 10.0. The van der Waals surface area contributed by atoms with Gasteiger partial charge < -0.3 is 10.6 Å². The Morgan fingerprint density at radius 3 is 2.28 bits per heavy atom. The molecule has 1 aliphatic rings. The Bertz CT molecular complexity index is 372. The molecular formula is C14H24N4. The molecule has 0 bridgehead atoms. The maximum Gasteiger partial charge on any atom is 0.0553 e. The highest BCUT2D eigenvalue weighted by molar-refractivity contribution is 5.45. The van der Waals surface area contributed by atoms with E-state index in [1.165, 1.54) is 5.69 Å². The van der Waals surface area contributed by atoms with Crippen molar-refractivity contribution < 1.29 is 0 Å². The van der Waals surface area contributed by atoms with E-state index in [0.717, 1.165) is 31.9 Å². The fraction of sp³-hybridized carbons (Fsp3) is 0.643. The van der Waals surface area contributed by atoms with Crippen molar-refractivity contribution in [2.75, 3.05) is 31.1 Å². The van der Waals surface area contributed by atoms with E-state index in [2.05, 4.69) is 41.6 Å². The second-order valence-electron chi connectivity index (χ2n) is 5.86. The molecule has 2 rings (SSSR count). The van der Waals surface area contributed by atoms with Gasteiger partial charge in [0.25, 0.3) is 0 Å². The molecular weight excluding hydrogens is 224 g/mol. The average Bonchev–Trinajstić information content (AvgIpc) is 2.38. The van der Waals surface area contributed by atoms with Crippen molar-refractivity contribution >= 4 is 5.69 Å². The quantitative estimate of drug-likeness (QED) is 0.860. The molecule has 2 N–H and O–H groups in total. The topological polar surface area (TPSA) is 45.4 Å². The monoisotopic (exact) mass is 248 g/mol. The first-order chi connectivity index (χ1) is 8.50. The van der Waals surface area contributed by atoms with Crippen molar-refractivity contribution in [3.63, 3.8) is 0 Å². The van der Waals surface area contributed by atoms with E-state index >= 15 is 0 Å². The number of hydrogen-bond acceptors (Lipinski definition) is 4. The molecule has 4 nitrogen and oxygen atoms in total. The van der Waals surface area contributed by atoms with Crippen LogP contribution in [0.5, 0.6) is 0 Å². The minimum absolute atomic E-state index is 0.272. The standard InChI is InChI=1S/C14H24N4/c1-14(2,3)18-8-6-17(7-9-18)13-5-4-12(10-15)16-11-13/h4-5,11H,6-10,15H2,1-3H3. The number of piperazine rings is 1. The van der Waals surface area contributed by atoms with Gasteiger partial charge in [-0.05, 0) is 32.9 Å². The van der Waals surface area contributed by atoms with Gasteiger partial charge in [-0.25, -0.2) is 0 Å². The van der Waals surface area contributed by atoms with Crippen LogP contribution in [0.3, 0.4) is 0 Å². The fourth-order valence-electron chi connectivity index (χ4n) is 2.36. The normalized spacial score (nSPS) is 18.1. The summed E-state index contributed by atoms with van der Waals surface area (Å²) < 4.78 is 0. The van der Waals surface area contributed by atoms with Crippen LogP contribution in [0.1, 0.15) is 26.5 Å². The third-order valence-corrected chi connectivity index (χ3v) is 3.61. The molecule has 0 aromatic carbocycles. The van der Waals surface area contributed by atoms with E-state index in [9.17, 15) is 0 Å². The fourth-order valence-corrected chi connectivity index (χ4v) is 2.36. The molecule has 4 heteroatoms. The molecule has 0 unspecified atom stereocenters. The first-order valence-electron chi connectivity index (χ1n) is 6.66. The van der Waals surface area contributed by atoms with Gasteiger partial charge in [-0.15, -0.1) is 0 Å². The molecule has 0 saturated carbocycles. The molecule has 1 aromatic heterocycles. The van der Waals surface area contributed by atoms with Gasteiger partial charge in [-0.3, -0.25) is 9.88 Å². The maximum absolute atomic E-state index is 5.56. The lowest BCUT2D eigenvalue weighted by molar-refractivity contribution is 0.128. The van der Waals surface area contributed by atoms with Crippen molar-refractivity contribution in [2.24, 2.45) is 5.73 Å². The third kappa shape index (κ3) is 3.00. The van der Waals surface area contributed by atoms with Crippen LogP contribution in [0, 0.1) is 0 Å². The Balaban J connectivity index is 1.96. The maximum atomic E-state index is 5.56. The highest BCUT2D eigenvalue weighted by atomic mass is 15.3. The van der Waals surface area contributed by atoms with Gasteiger partial charge in [0.15, 0.2) is 0 Å². The van der Waals surface area contributed by atoms with E-state index < -0.39 is 0 Å². The zero-order valence-electron chi connectivity index (χ0n) is 11.7. The Kier molecular flexibility index (Phi) is 3.88. The van der Waals surface area contributed by atoms with E-state index in [-0.39, 0.29) is 5.54 Å². The highest BCUT2D eigenvalue weighted by Crippen LogP contribution is 2.20. The molecule has 0 atom stereocenters. The van der Waals surface area contributed by atoms with Gasteiger partial charge in [0.05, 0.1) is 17.6 Å². The summed E-state index contributed by atoms with van der Waals surface area (Å²) in [4.78, 5) is 9.29. The zero-order chi connectivity index (χ0) is 13.2. The summed E-state index contributed by atoms with van der Waals surface area (Å²) in [5, 5.41) is 0. The van der Waals surface area contributed by atoms with Crippen molar-refractivity contribution in [3.8, 4) is 0 Å². The predicted octanol–water partition coefficient (Wildman–Crippen LogP) is 1.46. The van der Waals surface area contributed by atoms with Crippen molar-refractivity contribution in [2.45, 2.75) is 32.9 Å². The largest absolute Gasteiger partial charge is 0.368 e. The lowest BCUT2D eigenvalue weighted by Crippen LogP contribution is -2.53. The van der Waals surface area contributed by atoms with Gasteiger partial charge in [0, 0.05) is 38.3 Å². The molecule has 1 aliphatic heterocycles. The first kappa shape index (κ1) is 13.3. The van der Waals surface area contributed by atoms with Crippen LogP contribution in [-0.2, 0) is 6.54 Å². The highest BCUT2D eigenvalue weighted by Gasteiger charge is 2.25. The second-order valence-corrected chi connectivity index (χ2v) is 5.86. The van der Waals surface area contributed by atoms with Crippen LogP contribution >= 0.6 is 0 Å². The molecule has 0 amide bonds. The molecule has 1 aromatic rings. The number of rotatable bonds is 2. The van der Waals surface area contributed by atoms with Gasteiger partial charge in [0.1, 0.15) is 0 Å². The molecule has 1 fully saturated rings. The molecule has 100 valence electrons. The average molecular weight is 248 g/mol. The first-order valence-corrected chi connectivity index (χ1v) is 6.66. The van der Waals surface area contributed by atoms with Crippen LogP contribution < -0.4 is 10.6 Å². The molecule has 2 heterocycles. The Morgan fingerprint density at radius 1 is 1.17 bits per heavy atom. The Hall–Kier alpha value is -1.13. The van der Waals surface area contributed by atoms with E-state index in [0.29, 0.717) is 6.54 Å². The van der Waals surface area contributed by atoms with E-state index in [1.54, 1.807) is 0 Å². The van der Waals surface area contributed by atoms with Gasteiger partial charge in [-0.1, -0.05) is 0 Å². The number of pyridine rings is 1. The summed E-state index contributed by atoms with van der Waals surface area (Å²) in [5.74, 6) is 0. The predicted molar refractivity (Wildman–Crippen MR) is 75.7 cm³/mol. The smallest absolute Gasteiger partial charge is 0.0553 e.